The van der Waals surface area contributed by atoms with Crippen molar-refractivity contribution in [2.24, 2.45) is 0 Å². The minimum atomic E-state index is -0.371. The minimum absolute atomic E-state index is 0.371. The van der Waals surface area contributed by atoms with Gasteiger partial charge in [0.15, 0.2) is 0 Å². The zero-order valence-electron chi connectivity index (χ0n) is 6.30. The monoisotopic (exact) mass is 189 g/mol. The van der Waals surface area contributed by atoms with Crippen LogP contribution in [-0.2, 0) is 0 Å². The Balaban J connectivity index is 3.13. The Kier molecular flexibility index (Phi) is 3.20. The first-order valence-corrected chi connectivity index (χ1v) is 5.47. The van der Waals surface area contributed by atoms with Crippen LogP contribution in [0.5, 0.6) is 0 Å². The summed E-state index contributed by atoms with van der Waals surface area (Å²) >= 11 is 2.92. The average Bonchev–Trinajstić information content (AvgIpc) is 2.04. The number of rotatable bonds is 2. The van der Waals surface area contributed by atoms with Crippen LogP contribution in [0, 0.1) is 5.95 Å². The van der Waals surface area contributed by atoms with E-state index in [2.05, 4.69) is 4.98 Å². The molecule has 0 bridgehead atoms. The van der Waals surface area contributed by atoms with E-state index in [1.165, 1.54) is 29.7 Å². The van der Waals surface area contributed by atoms with Crippen molar-refractivity contribution < 1.29 is 4.39 Å². The maximum Gasteiger partial charge on any atom is 0.227 e. The maximum atomic E-state index is 12.9. The van der Waals surface area contributed by atoms with E-state index >= 15 is 0 Å². The van der Waals surface area contributed by atoms with Crippen LogP contribution in [0.3, 0.4) is 0 Å². The summed E-state index contributed by atoms with van der Waals surface area (Å²) in [6.45, 7) is 0. The van der Waals surface area contributed by atoms with Gasteiger partial charge in [-0.05, 0) is 18.6 Å². The van der Waals surface area contributed by atoms with Gasteiger partial charge < -0.3 is 0 Å². The highest BCUT2D eigenvalue weighted by molar-refractivity contribution is 8.01. The molecule has 0 radical (unpaired) electrons. The Morgan fingerprint density at radius 3 is 2.55 bits per heavy atom. The number of pyridine rings is 1. The quantitative estimate of drug-likeness (QED) is 0.524. The summed E-state index contributed by atoms with van der Waals surface area (Å²) in [4.78, 5) is 5.15. The summed E-state index contributed by atoms with van der Waals surface area (Å²) in [7, 11) is 0. The Morgan fingerprint density at radius 1 is 1.36 bits per heavy atom. The topological polar surface area (TPSA) is 12.9 Å². The highest BCUT2D eigenvalue weighted by atomic mass is 32.2. The van der Waals surface area contributed by atoms with Crippen molar-refractivity contribution in [2.45, 2.75) is 9.79 Å². The highest BCUT2D eigenvalue weighted by Gasteiger charge is 2.06. The fourth-order valence-corrected chi connectivity index (χ4v) is 2.21. The largest absolute Gasteiger partial charge is 0.227 e. The van der Waals surface area contributed by atoms with Crippen LogP contribution in [-0.4, -0.2) is 17.5 Å². The van der Waals surface area contributed by atoms with Crippen LogP contribution >= 0.6 is 23.5 Å². The fourth-order valence-electron chi connectivity index (χ4n) is 0.752. The van der Waals surface area contributed by atoms with Gasteiger partial charge in [-0.1, -0.05) is 0 Å². The van der Waals surface area contributed by atoms with Crippen LogP contribution in [0.2, 0.25) is 0 Å². The van der Waals surface area contributed by atoms with Gasteiger partial charge in [-0.25, -0.2) is 4.98 Å². The number of halogens is 1. The molecule has 0 aliphatic rings. The Hall–Kier alpha value is -0.220. The molecular weight excluding hydrogens is 181 g/mol. The predicted molar refractivity (Wildman–Crippen MR) is 47.8 cm³/mol. The molecule has 1 heterocycles. The second kappa shape index (κ2) is 3.97. The lowest BCUT2D eigenvalue weighted by Gasteiger charge is -2.02. The van der Waals surface area contributed by atoms with Crippen LogP contribution in [0.4, 0.5) is 4.39 Å². The molecule has 60 valence electrons. The molecule has 0 saturated carbocycles. The van der Waals surface area contributed by atoms with Crippen LogP contribution < -0.4 is 0 Å². The molecule has 0 spiro atoms. The summed E-state index contributed by atoms with van der Waals surface area (Å²) < 4.78 is 12.9. The molecule has 1 aromatic heterocycles. The zero-order valence-corrected chi connectivity index (χ0v) is 7.93. The average molecular weight is 189 g/mol. The summed E-state index contributed by atoms with van der Waals surface area (Å²) in [5.41, 5.74) is 0. The van der Waals surface area contributed by atoms with E-state index in [9.17, 15) is 4.39 Å². The van der Waals surface area contributed by atoms with E-state index < -0.39 is 0 Å². The molecule has 0 aliphatic heterocycles. The normalized spacial score (nSPS) is 10.1. The van der Waals surface area contributed by atoms with Crippen molar-refractivity contribution in [1.29, 1.82) is 0 Å². The minimum Gasteiger partial charge on any atom is -0.227 e. The molecule has 1 aromatic rings. The van der Waals surface area contributed by atoms with Crippen LogP contribution in [0.25, 0.3) is 0 Å². The molecule has 0 aromatic carbocycles. The molecule has 1 rings (SSSR count). The van der Waals surface area contributed by atoms with Crippen LogP contribution in [0.15, 0.2) is 22.1 Å². The molecule has 0 N–H and O–H groups in total. The Labute approximate surface area is 73.8 Å². The van der Waals surface area contributed by atoms with Gasteiger partial charge in [0.1, 0.15) is 0 Å². The molecule has 0 unspecified atom stereocenters. The van der Waals surface area contributed by atoms with Gasteiger partial charge in [0, 0.05) is 11.1 Å². The number of nitrogens with zero attached hydrogens (tertiary/aromatic N) is 1. The first-order valence-electron chi connectivity index (χ1n) is 3.02. The highest BCUT2D eigenvalue weighted by Crippen LogP contribution is 2.28. The van der Waals surface area contributed by atoms with Gasteiger partial charge >= 0.3 is 0 Å². The second-order valence-corrected chi connectivity index (χ2v) is 3.50. The van der Waals surface area contributed by atoms with Gasteiger partial charge in [0.25, 0.3) is 0 Å². The van der Waals surface area contributed by atoms with Crippen molar-refractivity contribution in [1.82, 2.24) is 4.98 Å². The third kappa shape index (κ3) is 1.87. The summed E-state index contributed by atoms with van der Waals surface area (Å²) in [6, 6.07) is 1.82. The predicted octanol–water partition coefficient (Wildman–Crippen LogP) is 2.66. The van der Waals surface area contributed by atoms with Crippen molar-refractivity contribution in [2.75, 3.05) is 12.5 Å². The van der Waals surface area contributed by atoms with Gasteiger partial charge in [-0.2, -0.15) is 4.39 Å². The first-order chi connectivity index (χ1) is 5.29. The SMILES string of the molecule is CSc1ccnc(F)c1SC. The van der Waals surface area contributed by atoms with E-state index in [1.54, 1.807) is 0 Å². The molecule has 0 saturated heterocycles. The van der Waals surface area contributed by atoms with Crippen molar-refractivity contribution in [3.8, 4) is 0 Å². The Bertz CT molecular complexity index is 252. The van der Waals surface area contributed by atoms with E-state index in [1.807, 2.05) is 18.6 Å². The van der Waals surface area contributed by atoms with E-state index in [-0.39, 0.29) is 5.95 Å². The number of aromatic nitrogens is 1. The lowest BCUT2D eigenvalue weighted by atomic mass is 10.5. The summed E-state index contributed by atoms with van der Waals surface area (Å²) in [5.74, 6) is -0.371. The molecule has 0 amide bonds. The van der Waals surface area contributed by atoms with Crippen LogP contribution in [0.1, 0.15) is 0 Å². The third-order valence-electron chi connectivity index (χ3n) is 1.25. The lowest BCUT2D eigenvalue weighted by molar-refractivity contribution is 0.549. The zero-order chi connectivity index (χ0) is 8.27. The number of hydrogen-bond acceptors (Lipinski definition) is 3. The van der Waals surface area contributed by atoms with Crippen molar-refractivity contribution in [3.63, 3.8) is 0 Å². The molecular formula is C7H8FNS2. The van der Waals surface area contributed by atoms with E-state index in [0.717, 1.165) is 4.90 Å². The Morgan fingerprint density at radius 2 is 2.09 bits per heavy atom. The number of thioether (sulfide) groups is 2. The smallest absolute Gasteiger partial charge is 0.227 e. The van der Waals surface area contributed by atoms with Crippen molar-refractivity contribution >= 4 is 23.5 Å². The van der Waals surface area contributed by atoms with Crippen molar-refractivity contribution in [3.05, 3.63) is 18.2 Å². The summed E-state index contributed by atoms with van der Waals surface area (Å²) in [5, 5.41) is 0. The molecule has 0 fully saturated rings. The fraction of sp³-hybridized carbons (Fsp3) is 0.286. The lowest BCUT2D eigenvalue weighted by Crippen LogP contribution is -1.87. The summed E-state index contributed by atoms with van der Waals surface area (Å²) in [6.07, 6.45) is 5.26. The molecule has 4 heteroatoms. The van der Waals surface area contributed by atoms with Gasteiger partial charge in [0.2, 0.25) is 5.95 Å². The molecule has 0 aliphatic carbocycles. The van der Waals surface area contributed by atoms with Gasteiger partial charge in [-0.3, -0.25) is 0 Å². The first kappa shape index (κ1) is 8.87. The van der Waals surface area contributed by atoms with Gasteiger partial charge in [0.05, 0.1) is 4.90 Å². The molecule has 1 nitrogen and oxygen atoms in total. The molecule has 0 atom stereocenters. The standard InChI is InChI=1S/C7H8FNS2/c1-10-5-3-4-9-7(8)6(5)11-2/h3-4H,1-2H3. The second-order valence-electron chi connectivity index (χ2n) is 1.84. The third-order valence-corrected chi connectivity index (χ3v) is 2.95. The molecule has 11 heavy (non-hydrogen) atoms. The van der Waals surface area contributed by atoms with E-state index in [0.29, 0.717) is 4.90 Å². The number of hydrogen-bond donors (Lipinski definition) is 0. The van der Waals surface area contributed by atoms with E-state index in [4.69, 9.17) is 0 Å². The van der Waals surface area contributed by atoms with Gasteiger partial charge in [-0.15, -0.1) is 23.5 Å². The maximum absolute atomic E-state index is 12.9.